The fourth-order valence-electron chi connectivity index (χ4n) is 10.4. The zero-order valence-corrected chi connectivity index (χ0v) is 23.9. The van der Waals surface area contributed by atoms with Crippen LogP contribution in [-0.2, 0) is 9.59 Å². The number of ketones is 1. The van der Waals surface area contributed by atoms with Gasteiger partial charge in [0.1, 0.15) is 5.92 Å². The quantitative estimate of drug-likeness (QED) is 0.370. The minimum absolute atomic E-state index is 0.0700. The zero-order valence-electron chi connectivity index (χ0n) is 22.3. The number of aliphatic carboxylic acids is 1. The van der Waals surface area contributed by atoms with Crippen molar-refractivity contribution >= 4 is 27.7 Å². The lowest BCUT2D eigenvalue weighted by Crippen LogP contribution is -2.63. The maximum absolute atomic E-state index is 13.2. The SMILES string of the molecule is CC1(C)CCC2(C(=O)O)CCC3C(=C(Br)CC4[C@@]3(C)CCC3C(C)(C)C(=O)C(C#N)C[C@@]34C)C2C1. The van der Waals surface area contributed by atoms with Crippen LogP contribution >= 0.6 is 15.9 Å². The minimum Gasteiger partial charge on any atom is -0.481 e. The number of carboxylic acid groups (broad SMARTS) is 1. The Morgan fingerprint density at radius 3 is 2.26 bits per heavy atom. The van der Waals surface area contributed by atoms with Crippen molar-refractivity contribution in [1.82, 2.24) is 0 Å². The van der Waals surface area contributed by atoms with Crippen LogP contribution in [-0.4, -0.2) is 16.9 Å². The van der Waals surface area contributed by atoms with E-state index in [4.69, 9.17) is 0 Å². The maximum atomic E-state index is 13.2. The van der Waals surface area contributed by atoms with Crippen molar-refractivity contribution < 1.29 is 14.7 Å². The lowest BCUT2D eigenvalue weighted by Gasteiger charge is -2.67. The monoisotopic (exact) mass is 543 g/mol. The van der Waals surface area contributed by atoms with Gasteiger partial charge in [-0.1, -0.05) is 63.0 Å². The van der Waals surface area contributed by atoms with E-state index >= 15 is 0 Å². The molecule has 0 aliphatic heterocycles. The Labute approximate surface area is 219 Å². The van der Waals surface area contributed by atoms with Crippen molar-refractivity contribution in [2.45, 2.75) is 99.3 Å². The Morgan fingerprint density at radius 1 is 0.943 bits per heavy atom. The number of carbonyl (C=O) groups excluding carboxylic acids is 1. The van der Waals surface area contributed by atoms with Crippen LogP contribution in [0.4, 0.5) is 0 Å². The van der Waals surface area contributed by atoms with Gasteiger partial charge in [-0.15, -0.1) is 0 Å². The van der Waals surface area contributed by atoms with Gasteiger partial charge in [0.2, 0.25) is 0 Å². The first-order chi connectivity index (χ1) is 16.1. The van der Waals surface area contributed by atoms with Gasteiger partial charge in [0.15, 0.2) is 5.78 Å². The Morgan fingerprint density at radius 2 is 1.63 bits per heavy atom. The van der Waals surface area contributed by atoms with Gasteiger partial charge >= 0.3 is 5.97 Å². The van der Waals surface area contributed by atoms with E-state index in [0.29, 0.717) is 18.3 Å². The number of Topliss-reactive ketones (excluding diaryl/α,β-unsaturated/α-hetero) is 1. The topological polar surface area (TPSA) is 78.2 Å². The van der Waals surface area contributed by atoms with Crippen LogP contribution in [0.15, 0.2) is 10.1 Å². The zero-order chi connectivity index (χ0) is 25.8. The molecule has 0 heterocycles. The number of carboxylic acids is 1. The molecule has 192 valence electrons. The number of hydrogen-bond donors (Lipinski definition) is 1. The van der Waals surface area contributed by atoms with E-state index in [-0.39, 0.29) is 33.9 Å². The molecule has 0 saturated heterocycles. The van der Waals surface area contributed by atoms with Gasteiger partial charge in [-0.3, -0.25) is 9.59 Å². The number of hydrogen-bond acceptors (Lipinski definition) is 3. The largest absolute Gasteiger partial charge is 0.481 e. The molecule has 0 aromatic heterocycles. The summed E-state index contributed by atoms with van der Waals surface area (Å²) in [6, 6.07) is 2.37. The van der Waals surface area contributed by atoms with Crippen molar-refractivity contribution in [2.24, 2.45) is 56.7 Å². The van der Waals surface area contributed by atoms with Gasteiger partial charge in [0.05, 0.1) is 11.5 Å². The molecule has 0 aromatic carbocycles. The van der Waals surface area contributed by atoms with Gasteiger partial charge in [-0.25, -0.2) is 0 Å². The maximum Gasteiger partial charge on any atom is 0.310 e. The van der Waals surface area contributed by atoms with Crippen LogP contribution in [0.25, 0.3) is 0 Å². The minimum atomic E-state index is -0.629. The van der Waals surface area contributed by atoms with Gasteiger partial charge in [0, 0.05) is 5.41 Å². The first-order valence-electron chi connectivity index (χ1n) is 13.7. The smallest absolute Gasteiger partial charge is 0.310 e. The van der Waals surface area contributed by atoms with Crippen molar-refractivity contribution in [2.75, 3.05) is 0 Å². The molecule has 0 spiro atoms. The predicted octanol–water partition coefficient (Wildman–Crippen LogP) is 7.52. The van der Waals surface area contributed by atoms with E-state index in [1.54, 1.807) is 0 Å². The Kier molecular flexibility index (Phi) is 5.60. The first kappa shape index (κ1) is 25.5. The third kappa shape index (κ3) is 3.27. The van der Waals surface area contributed by atoms with Gasteiger partial charge < -0.3 is 5.11 Å². The average Bonchev–Trinajstić information content (AvgIpc) is 2.76. The summed E-state index contributed by atoms with van der Waals surface area (Å²) < 4.78 is 1.24. The first-order valence-corrected chi connectivity index (χ1v) is 14.5. The van der Waals surface area contributed by atoms with Crippen molar-refractivity contribution in [3.05, 3.63) is 10.1 Å². The third-order valence-corrected chi connectivity index (χ3v) is 13.0. The molecule has 4 nitrogen and oxygen atoms in total. The van der Waals surface area contributed by atoms with Crippen molar-refractivity contribution in [3.8, 4) is 6.07 Å². The summed E-state index contributed by atoms with van der Waals surface area (Å²) in [5, 5.41) is 20.4. The number of nitrogens with zero attached hydrogens (tertiary/aromatic N) is 1. The fraction of sp³-hybridized carbons (Fsp3) is 0.833. The summed E-state index contributed by atoms with van der Waals surface area (Å²) in [6.07, 6.45) is 8.06. The number of nitriles is 1. The predicted molar refractivity (Wildman–Crippen MR) is 139 cm³/mol. The lowest BCUT2D eigenvalue weighted by molar-refractivity contribution is -0.178. The molecule has 5 aliphatic carbocycles. The van der Waals surface area contributed by atoms with Gasteiger partial charge in [-0.2, -0.15) is 5.26 Å². The molecule has 0 radical (unpaired) electrons. The molecule has 4 fully saturated rings. The molecule has 35 heavy (non-hydrogen) atoms. The van der Waals surface area contributed by atoms with E-state index in [1.807, 2.05) is 0 Å². The highest BCUT2D eigenvalue weighted by molar-refractivity contribution is 9.11. The highest BCUT2D eigenvalue weighted by atomic mass is 79.9. The molecule has 1 N–H and O–H groups in total. The second kappa shape index (κ2) is 7.68. The van der Waals surface area contributed by atoms with Crippen LogP contribution in [0.1, 0.15) is 99.3 Å². The second-order valence-electron chi connectivity index (χ2n) is 14.7. The van der Waals surface area contributed by atoms with Crippen LogP contribution < -0.4 is 0 Å². The number of halogens is 1. The molecular formula is C30H42BrNO3. The molecule has 5 aliphatic rings. The van der Waals surface area contributed by atoms with Gasteiger partial charge in [-0.05, 0) is 102 Å². The molecule has 6 unspecified atom stereocenters. The standard InChI is InChI=1S/C30H42BrNO3/c1-26(2)11-12-30(25(34)35)10-7-18-23(19(30)15-26)20(31)13-22-28(18,5)9-8-21-27(3,4)24(33)17(16-32)14-29(21,22)6/h17-19,21-22H,7-15H2,1-6H3,(H,34,35)/t17?,18?,19?,21?,22?,28-,29-,30?/m0/s1. The molecule has 0 bridgehead atoms. The number of allylic oxidation sites excluding steroid dienone is 2. The Balaban J connectivity index is 1.62. The normalized spacial score (nSPS) is 48.1. The molecule has 8 atom stereocenters. The van der Waals surface area contributed by atoms with Crippen LogP contribution in [0, 0.1) is 68.0 Å². The third-order valence-electron chi connectivity index (χ3n) is 12.2. The van der Waals surface area contributed by atoms with Gasteiger partial charge in [0.25, 0.3) is 0 Å². The molecular weight excluding hydrogens is 502 g/mol. The summed E-state index contributed by atoms with van der Waals surface area (Å²) >= 11 is 4.06. The summed E-state index contributed by atoms with van der Waals surface area (Å²) in [5.41, 5.74) is 0.443. The number of carbonyl (C=O) groups is 2. The van der Waals surface area contributed by atoms with E-state index < -0.39 is 22.7 Å². The second-order valence-corrected chi connectivity index (χ2v) is 15.6. The Hall–Kier alpha value is -1.15. The van der Waals surface area contributed by atoms with Crippen molar-refractivity contribution in [1.29, 1.82) is 5.26 Å². The van der Waals surface area contributed by atoms with E-state index in [9.17, 15) is 20.0 Å². The molecule has 4 saturated carbocycles. The summed E-state index contributed by atoms with van der Waals surface area (Å²) in [5.74, 6) is 0.138. The molecule has 5 rings (SSSR count). The highest BCUT2D eigenvalue weighted by Gasteiger charge is 2.67. The summed E-state index contributed by atoms with van der Waals surface area (Å²) in [6.45, 7) is 13.6. The summed E-state index contributed by atoms with van der Waals surface area (Å²) in [4.78, 5) is 26.0. The lowest BCUT2D eigenvalue weighted by atomic mass is 9.36. The average molecular weight is 545 g/mol. The molecule has 5 heteroatoms. The number of rotatable bonds is 1. The fourth-order valence-corrected chi connectivity index (χ4v) is 11.3. The van der Waals surface area contributed by atoms with E-state index in [1.165, 1.54) is 10.1 Å². The van der Waals surface area contributed by atoms with Crippen LogP contribution in [0.5, 0.6) is 0 Å². The highest BCUT2D eigenvalue weighted by Crippen LogP contribution is 2.73. The summed E-state index contributed by atoms with van der Waals surface area (Å²) in [7, 11) is 0. The Bertz CT molecular complexity index is 1050. The number of fused-ring (bicyclic) bond motifs is 7. The van der Waals surface area contributed by atoms with Crippen LogP contribution in [0.2, 0.25) is 0 Å². The van der Waals surface area contributed by atoms with Crippen molar-refractivity contribution in [3.63, 3.8) is 0 Å². The van der Waals surface area contributed by atoms with E-state index in [2.05, 4.69) is 63.5 Å². The van der Waals surface area contributed by atoms with Crippen LogP contribution in [0.3, 0.4) is 0 Å². The molecule has 0 amide bonds. The van der Waals surface area contributed by atoms with E-state index in [0.717, 1.165) is 51.4 Å². The molecule has 0 aromatic rings.